The molecule has 0 unspecified atom stereocenters. The van der Waals surface area contributed by atoms with Gasteiger partial charge in [-0.3, -0.25) is 4.79 Å². The van der Waals surface area contributed by atoms with Crippen molar-refractivity contribution in [1.82, 2.24) is 4.90 Å². The number of benzene rings is 2. The van der Waals surface area contributed by atoms with Crippen molar-refractivity contribution in [2.24, 2.45) is 0 Å². The van der Waals surface area contributed by atoms with Crippen molar-refractivity contribution in [3.8, 4) is 0 Å². The van der Waals surface area contributed by atoms with Crippen LogP contribution in [0.2, 0.25) is 0 Å². The molecule has 0 aliphatic carbocycles. The van der Waals surface area contributed by atoms with Gasteiger partial charge < -0.3 is 4.90 Å². The SMILES string of the molecule is CN(C(=O)c1ccc2ccccc2c1)C(C)(C)C. The zero-order valence-electron chi connectivity index (χ0n) is 11.4. The molecule has 0 fully saturated rings. The van der Waals surface area contributed by atoms with Crippen LogP contribution in [0.15, 0.2) is 42.5 Å². The number of nitrogens with zero attached hydrogens (tertiary/aromatic N) is 1. The van der Waals surface area contributed by atoms with Crippen LogP contribution in [-0.2, 0) is 0 Å². The van der Waals surface area contributed by atoms with Crippen LogP contribution in [0.5, 0.6) is 0 Å². The fourth-order valence-corrected chi connectivity index (χ4v) is 1.82. The summed E-state index contributed by atoms with van der Waals surface area (Å²) in [6, 6.07) is 13.9. The van der Waals surface area contributed by atoms with E-state index in [0.717, 1.165) is 16.3 Å². The third-order valence-electron chi connectivity index (χ3n) is 3.31. The number of rotatable bonds is 1. The van der Waals surface area contributed by atoms with Crippen molar-refractivity contribution >= 4 is 16.7 Å². The molecule has 18 heavy (non-hydrogen) atoms. The molecule has 1 amide bonds. The molecule has 0 saturated heterocycles. The highest BCUT2D eigenvalue weighted by Gasteiger charge is 2.23. The van der Waals surface area contributed by atoms with Crippen LogP contribution in [0.4, 0.5) is 0 Å². The maximum Gasteiger partial charge on any atom is 0.254 e. The summed E-state index contributed by atoms with van der Waals surface area (Å²) in [4.78, 5) is 14.1. The fourth-order valence-electron chi connectivity index (χ4n) is 1.82. The lowest BCUT2D eigenvalue weighted by atomic mass is 10.0. The maximum atomic E-state index is 12.4. The predicted molar refractivity (Wildman–Crippen MR) is 75.8 cm³/mol. The maximum absolute atomic E-state index is 12.4. The largest absolute Gasteiger partial charge is 0.337 e. The van der Waals surface area contributed by atoms with Gasteiger partial charge in [0.15, 0.2) is 0 Å². The molecule has 2 nitrogen and oxygen atoms in total. The summed E-state index contributed by atoms with van der Waals surface area (Å²) in [5, 5.41) is 2.26. The van der Waals surface area contributed by atoms with Gasteiger partial charge >= 0.3 is 0 Å². The Morgan fingerprint density at radius 3 is 2.22 bits per heavy atom. The van der Waals surface area contributed by atoms with E-state index >= 15 is 0 Å². The first-order valence-corrected chi connectivity index (χ1v) is 6.16. The van der Waals surface area contributed by atoms with Gasteiger partial charge in [-0.1, -0.05) is 30.3 Å². The van der Waals surface area contributed by atoms with Gasteiger partial charge in [0.25, 0.3) is 5.91 Å². The van der Waals surface area contributed by atoms with E-state index < -0.39 is 0 Å². The number of fused-ring (bicyclic) bond motifs is 1. The summed E-state index contributed by atoms with van der Waals surface area (Å²) >= 11 is 0. The lowest BCUT2D eigenvalue weighted by Gasteiger charge is -2.32. The van der Waals surface area contributed by atoms with E-state index in [-0.39, 0.29) is 11.4 Å². The number of hydrogen-bond donors (Lipinski definition) is 0. The zero-order chi connectivity index (χ0) is 13.3. The molecular formula is C16H19NO. The Morgan fingerprint density at radius 1 is 1.00 bits per heavy atom. The van der Waals surface area contributed by atoms with E-state index in [0.29, 0.717) is 0 Å². The van der Waals surface area contributed by atoms with Crippen LogP contribution in [0, 0.1) is 0 Å². The molecule has 94 valence electrons. The minimum Gasteiger partial charge on any atom is -0.337 e. The summed E-state index contributed by atoms with van der Waals surface area (Å²) in [6.45, 7) is 6.10. The Balaban J connectivity index is 2.40. The standard InChI is InChI=1S/C16H19NO/c1-16(2,3)17(4)15(18)14-10-9-12-7-5-6-8-13(12)11-14/h5-11H,1-4H3. The average Bonchev–Trinajstić information content (AvgIpc) is 2.35. The molecule has 0 spiro atoms. The number of carbonyl (C=O) groups is 1. The topological polar surface area (TPSA) is 20.3 Å². The van der Waals surface area contributed by atoms with E-state index in [4.69, 9.17) is 0 Å². The third kappa shape index (κ3) is 2.37. The van der Waals surface area contributed by atoms with Crippen LogP contribution >= 0.6 is 0 Å². The van der Waals surface area contributed by atoms with Crippen LogP contribution < -0.4 is 0 Å². The first-order valence-electron chi connectivity index (χ1n) is 6.16. The summed E-state index contributed by atoms with van der Waals surface area (Å²) < 4.78 is 0. The van der Waals surface area contributed by atoms with Gasteiger partial charge in [-0.25, -0.2) is 0 Å². The van der Waals surface area contributed by atoms with Crippen molar-refractivity contribution in [1.29, 1.82) is 0 Å². The Kier molecular flexibility index (Phi) is 3.12. The van der Waals surface area contributed by atoms with Crippen LogP contribution in [-0.4, -0.2) is 23.4 Å². The zero-order valence-corrected chi connectivity index (χ0v) is 11.4. The van der Waals surface area contributed by atoms with Gasteiger partial charge in [-0.15, -0.1) is 0 Å². The highest BCUT2D eigenvalue weighted by atomic mass is 16.2. The van der Waals surface area contributed by atoms with Crippen molar-refractivity contribution in [3.05, 3.63) is 48.0 Å². The third-order valence-corrected chi connectivity index (χ3v) is 3.31. The van der Waals surface area contributed by atoms with E-state index in [1.807, 2.05) is 64.2 Å². The van der Waals surface area contributed by atoms with Crippen molar-refractivity contribution in [2.45, 2.75) is 26.3 Å². The average molecular weight is 241 g/mol. The minimum absolute atomic E-state index is 0.0632. The molecular weight excluding hydrogens is 222 g/mol. The summed E-state index contributed by atoms with van der Waals surface area (Å²) in [5.41, 5.74) is 0.578. The smallest absolute Gasteiger partial charge is 0.254 e. The summed E-state index contributed by atoms with van der Waals surface area (Å²) in [5.74, 6) is 0.0632. The van der Waals surface area contributed by atoms with Gasteiger partial charge in [-0.05, 0) is 43.7 Å². The molecule has 0 radical (unpaired) electrons. The molecule has 2 rings (SSSR count). The number of hydrogen-bond acceptors (Lipinski definition) is 1. The Bertz CT molecular complexity index is 581. The minimum atomic E-state index is -0.164. The highest BCUT2D eigenvalue weighted by Crippen LogP contribution is 2.19. The Hall–Kier alpha value is -1.83. The molecule has 0 N–H and O–H groups in total. The van der Waals surface area contributed by atoms with Gasteiger partial charge in [0, 0.05) is 18.2 Å². The second-order valence-electron chi connectivity index (χ2n) is 5.60. The number of carbonyl (C=O) groups excluding carboxylic acids is 1. The highest BCUT2D eigenvalue weighted by molar-refractivity contribution is 5.98. The molecule has 2 heteroatoms. The second-order valence-corrected chi connectivity index (χ2v) is 5.60. The van der Waals surface area contributed by atoms with Gasteiger partial charge in [0.1, 0.15) is 0 Å². The Labute approximate surface area is 108 Å². The molecule has 0 atom stereocenters. The van der Waals surface area contributed by atoms with Crippen LogP contribution in [0.3, 0.4) is 0 Å². The Morgan fingerprint density at radius 2 is 1.61 bits per heavy atom. The van der Waals surface area contributed by atoms with Crippen LogP contribution in [0.1, 0.15) is 31.1 Å². The van der Waals surface area contributed by atoms with Gasteiger partial charge in [0.2, 0.25) is 0 Å². The first kappa shape index (κ1) is 12.6. The van der Waals surface area contributed by atoms with Gasteiger partial charge in [-0.2, -0.15) is 0 Å². The van der Waals surface area contributed by atoms with Gasteiger partial charge in [0.05, 0.1) is 0 Å². The second kappa shape index (κ2) is 4.45. The number of amides is 1. The normalized spacial score (nSPS) is 11.6. The first-order chi connectivity index (χ1) is 8.39. The van der Waals surface area contributed by atoms with Crippen molar-refractivity contribution < 1.29 is 4.79 Å². The lowest BCUT2D eigenvalue weighted by molar-refractivity contribution is 0.0656. The molecule has 0 aliphatic rings. The van der Waals surface area contributed by atoms with Crippen LogP contribution in [0.25, 0.3) is 10.8 Å². The fraction of sp³-hybridized carbons (Fsp3) is 0.312. The molecule has 0 aromatic heterocycles. The summed E-state index contributed by atoms with van der Waals surface area (Å²) in [6.07, 6.45) is 0. The predicted octanol–water partition coefficient (Wildman–Crippen LogP) is 3.71. The molecule has 2 aromatic carbocycles. The van der Waals surface area contributed by atoms with E-state index in [9.17, 15) is 4.79 Å². The van der Waals surface area contributed by atoms with Crippen molar-refractivity contribution in [2.75, 3.05) is 7.05 Å². The molecule has 2 aromatic rings. The lowest BCUT2D eigenvalue weighted by Crippen LogP contribution is -2.42. The van der Waals surface area contributed by atoms with E-state index in [1.165, 1.54) is 0 Å². The molecule has 0 saturated carbocycles. The van der Waals surface area contributed by atoms with Crippen molar-refractivity contribution in [3.63, 3.8) is 0 Å². The molecule has 0 heterocycles. The molecule has 0 aliphatic heterocycles. The van der Waals surface area contributed by atoms with E-state index in [1.54, 1.807) is 4.90 Å². The van der Waals surface area contributed by atoms with E-state index in [2.05, 4.69) is 6.07 Å². The molecule has 0 bridgehead atoms. The monoisotopic (exact) mass is 241 g/mol. The summed E-state index contributed by atoms with van der Waals surface area (Å²) in [7, 11) is 1.84. The quantitative estimate of drug-likeness (QED) is 0.745.